The maximum Gasteiger partial charge on any atom is 0.320 e. The average molecular weight is 334 g/mol. The van der Waals surface area contributed by atoms with Gasteiger partial charge in [0.05, 0.1) is 0 Å². The van der Waals surface area contributed by atoms with E-state index in [1.165, 1.54) is 19.3 Å². The van der Waals surface area contributed by atoms with E-state index in [9.17, 15) is 5.11 Å². The zero-order chi connectivity index (χ0) is 17.5. The van der Waals surface area contributed by atoms with Crippen LogP contribution in [0.4, 0.5) is 11.9 Å². The first-order valence-electron chi connectivity index (χ1n) is 9.04. The van der Waals surface area contributed by atoms with Gasteiger partial charge in [0.1, 0.15) is 0 Å². The van der Waals surface area contributed by atoms with Gasteiger partial charge in [-0.15, -0.1) is 0 Å². The maximum absolute atomic E-state index is 9.85. The van der Waals surface area contributed by atoms with Gasteiger partial charge in [-0.2, -0.15) is 15.0 Å². The second-order valence-electron chi connectivity index (χ2n) is 6.53. The van der Waals surface area contributed by atoms with E-state index in [2.05, 4.69) is 32.1 Å². The van der Waals surface area contributed by atoms with Gasteiger partial charge in [0, 0.05) is 31.3 Å². The van der Waals surface area contributed by atoms with Gasteiger partial charge in [-0.1, -0.05) is 33.1 Å². The lowest BCUT2D eigenvalue weighted by Gasteiger charge is -2.31. The molecule has 0 bridgehead atoms. The SMILES string of the molecule is CCC(=N)C(CC)CNc1nc(O)nc(N(C)C2CCCCC2)n1. The fraction of sp³-hybridized carbons (Fsp3) is 0.765. The number of nitrogens with zero attached hydrogens (tertiary/aromatic N) is 4. The topological polar surface area (TPSA) is 98.0 Å². The molecule has 1 fully saturated rings. The van der Waals surface area contributed by atoms with Crippen molar-refractivity contribution in [1.29, 1.82) is 5.41 Å². The van der Waals surface area contributed by atoms with Crippen molar-refractivity contribution in [3.63, 3.8) is 0 Å². The monoisotopic (exact) mass is 334 g/mol. The molecule has 0 amide bonds. The van der Waals surface area contributed by atoms with Crippen molar-refractivity contribution < 1.29 is 5.11 Å². The van der Waals surface area contributed by atoms with E-state index in [4.69, 9.17) is 5.41 Å². The molecule has 1 heterocycles. The van der Waals surface area contributed by atoms with Crippen molar-refractivity contribution in [1.82, 2.24) is 15.0 Å². The van der Waals surface area contributed by atoms with Gasteiger partial charge < -0.3 is 20.7 Å². The summed E-state index contributed by atoms with van der Waals surface area (Å²) in [4.78, 5) is 14.6. The Morgan fingerprint density at radius 3 is 2.58 bits per heavy atom. The number of aromatic nitrogens is 3. The molecule has 1 aromatic rings. The smallest absolute Gasteiger partial charge is 0.320 e. The molecule has 7 heteroatoms. The number of rotatable bonds is 8. The van der Waals surface area contributed by atoms with Crippen molar-refractivity contribution in [3.05, 3.63) is 0 Å². The highest BCUT2D eigenvalue weighted by molar-refractivity contribution is 5.83. The summed E-state index contributed by atoms with van der Waals surface area (Å²) in [5.74, 6) is 1.05. The highest BCUT2D eigenvalue weighted by Crippen LogP contribution is 2.25. The predicted molar refractivity (Wildman–Crippen MR) is 97.1 cm³/mol. The minimum absolute atomic E-state index is 0.161. The molecule has 1 aromatic heterocycles. The zero-order valence-corrected chi connectivity index (χ0v) is 15.0. The van der Waals surface area contributed by atoms with Gasteiger partial charge in [0.15, 0.2) is 0 Å². The Bertz CT molecular complexity index is 544. The van der Waals surface area contributed by atoms with E-state index in [1.807, 2.05) is 14.0 Å². The van der Waals surface area contributed by atoms with E-state index in [0.717, 1.165) is 31.4 Å². The molecule has 0 aromatic carbocycles. The number of nitrogens with one attached hydrogen (secondary N) is 2. The highest BCUT2D eigenvalue weighted by atomic mass is 16.3. The summed E-state index contributed by atoms with van der Waals surface area (Å²) < 4.78 is 0. The second-order valence-corrected chi connectivity index (χ2v) is 6.53. The molecule has 134 valence electrons. The first kappa shape index (κ1) is 18.4. The van der Waals surface area contributed by atoms with Crippen LogP contribution in [0.25, 0.3) is 0 Å². The van der Waals surface area contributed by atoms with Crippen LogP contribution < -0.4 is 10.2 Å². The molecular weight excluding hydrogens is 304 g/mol. The molecular formula is C17H30N6O. The molecule has 1 atom stereocenters. The lowest BCUT2D eigenvalue weighted by atomic mass is 9.95. The van der Waals surface area contributed by atoms with Crippen LogP contribution in [0, 0.1) is 11.3 Å². The molecule has 0 spiro atoms. The second kappa shape index (κ2) is 8.80. The van der Waals surface area contributed by atoms with E-state index < -0.39 is 0 Å². The van der Waals surface area contributed by atoms with Crippen molar-refractivity contribution in [2.45, 2.75) is 64.8 Å². The maximum atomic E-state index is 9.85. The van der Waals surface area contributed by atoms with Gasteiger partial charge in [0.25, 0.3) is 0 Å². The molecule has 3 N–H and O–H groups in total. The van der Waals surface area contributed by atoms with E-state index in [1.54, 1.807) is 0 Å². The van der Waals surface area contributed by atoms with E-state index in [-0.39, 0.29) is 11.9 Å². The van der Waals surface area contributed by atoms with Crippen LogP contribution in [0.5, 0.6) is 6.01 Å². The number of hydrogen-bond acceptors (Lipinski definition) is 7. The van der Waals surface area contributed by atoms with Crippen LogP contribution in [0.1, 0.15) is 58.8 Å². The molecule has 24 heavy (non-hydrogen) atoms. The molecule has 1 unspecified atom stereocenters. The number of aromatic hydroxyl groups is 1. The van der Waals surface area contributed by atoms with Crippen molar-refractivity contribution >= 4 is 17.6 Å². The van der Waals surface area contributed by atoms with Crippen molar-refractivity contribution in [2.75, 3.05) is 23.8 Å². The Hall–Kier alpha value is -1.92. The molecule has 0 saturated heterocycles. The standard InChI is InChI=1S/C17H30N6O/c1-4-12(14(18)5-2)11-19-15-20-16(22-17(24)21-15)23(3)13-9-7-6-8-10-13/h12-13,18H,4-11H2,1-3H3,(H2,19,20,21,22,24). The summed E-state index contributed by atoms with van der Waals surface area (Å²) in [6.07, 6.45) is 7.67. The van der Waals surface area contributed by atoms with Crippen molar-refractivity contribution in [2.24, 2.45) is 5.92 Å². The molecule has 0 radical (unpaired) electrons. The zero-order valence-electron chi connectivity index (χ0n) is 15.0. The fourth-order valence-corrected chi connectivity index (χ4v) is 3.24. The minimum Gasteiger partial charge on any atom is -0.479 e. The van der Waals surface area contributed by atoms with Crippen LogP contribution in [-0.4, -0.2) is 45.4 Å². The lowest BCUT2D eigenvalue weighted by molar-refractivity contribution is 0.411. The summed E-state index contributed by atoms with van der Waals surface area (Å²) in [7, 11) is 1.98. The molecule has 1 aliphatic rings. The van der Waals surface area contributed by atoms with E-state index >= 15 is 0 Å². The normalized spacial score (nSPS) is 16.6. The Morgan fingerprint density at radius 2 is 1.96 bits per heavy atom. The van der Waals surface area contributed by atoms with E-state index in [0.29, 0.717) is 24.5 Å². The third-order valence-corrected chi connectivity index (χ3v) is 4.92. The van der Waals surface area contributed by atoms with Gasteiger partial charge in [-0.05, 0) is 25.7 Å². The van der Waals surface area contributed by atoms with Gasteiger partial charge >= 0.3 is 6.01 Å². The molecule has 0 aliphatic heterocycles. The summed E-state index contributed by atoms with van der Waals surface area (Å²) in [6.45, 7) is 4.67. The highest BCUT2D eigenvalue weighted by Gasteiger charge is 2.21. The first-order valence-corrected chi connectivity index (χ1v) is 9.04. The molecule has 7 nitrogen and oxygen atoms in total. The Morgan fingerprint density at radius 1 is 1.25 bits per heavy atom. The third kappa shape index (κ3) is 4.79. The van der Waals surface area contributed by atoms with Crippen LogP contribution in [-0.2, 0) is 0 Å². The Labute approximate surface area is 144 Å². The Balaban J connectivity index is 2.06. The van der Waals surface area contributed by atoms with Crippen LogP contribution in [0.2, 0.25) is 0 Å². The quantitative estimate of drug-likeness (QED) is 0.631. The molecule has 1 aliphatic carbocycles. The fourth-order valence-electron chi connectivity index (χ4n) is 3.24. The first-order chi connectivity index (χ1) is 11.5. The largest absolute Gasteiger partial charge is 0.479 e. The van der Waals surface area contributed by atoms with Gasteiger partial charge in [-0.25, -0.2) is 0 Å². The molecule has 2 rings (SSSR count). The van der Waals surface area contributed by atoms with Crippen molar-refractivity contribution in [3.8, 4) is 6.01 Å². The number of anilines is 2. The summed E-state index contributed by atoms with van der Waals surface area (Å²) in [5.41, 5.74) is 0.725. The third-order valence-electron chi connectivity index (χ3n) is 4.92. The van der Waals surface area contributed by atoms with Crippen LogP contribution >= 0.6 is 0 Å². The lowest BCUT2D eigenvalue weighted by Crippen LogP contribution is -2.34. The van der Waals surface area contributed by atoms with Gasteiger partial charge in [-0.3, -0.25) is 0 Å². The minimum atomic E-state index is -0.260. The summed E-state index contributed by atoms with van der Waals surface area (Å²) in [5, 5.41) is 21.0. The number of hydrogen-bond donors (Lipinski definition) is 3. The Kier molecular flexibility index (Phi) is 6.75. The average Bonchev–Trinajstić information content (AvgIpc) is 2.61. The summed E-state index contributed by atoms with van der Waals surface area (Å²) >= 11 is 0. The van der Waals surface area contributed by atoms with Gasteiger partial charge in [0.2, 0.25) is 11.9 Å². The van der Waals surface area contributed by atoms with Crippen LogP contribution in [0.3, 0.4) is 0 Å². The van der Waals surface area contributed by atoms with Crippen LogP contribution in [0.15, 0.2) is 0 Å². The summed E-state index contributed by atoms with van der Waals surface area (Å²) in [6, 6.07) is 0.161. The molecule has 1 saturated carbocycles. The predicted octanol–water partition coefficient (Wildman–Crippen LogP) is 3.21.